The topological polar surface area (TPSA) is 58.2 Å². The highest BCUT2D eigenvalue weighted by Crippen LogP contribution is 2.42. The normalized spacial score (nSPS) is 15.1. The number of rotatable bonds is 5. The summed E-state index contributed by atoms with van der Waals surface area (Å²) in [4.78, 5) is 26.2. The van der Waals surface area contributed by atoms with Crippen molar-refractivity contribution in [2.75, 3.05) is 10.6 Å². The summed E-state index contributed by atoms with van der Waals surface area (Å²) in [6, 6.07) is 25.1. The molecule has 0 saturated heterocycles. The molecule has 0 unspecified atom stereocenters. The minimum Gasteiger partial charge on any atom is -0.325 e. The summed E-state index contributed by atoms with van der Waals surface area (Å²) in [7, 11) is 0. The molecule has 3 aromatic rings. The summed E-state index contributed by atoms with van der Waals surface area (Å²) in [5.41, 5.74) is 3.74. The Hall–Kier alpha value is -3.40. The van der Waals surface area contributed by atoms with Gasteiger partial charge in [0, 0.05) is 16.9 Å². The van der Waals surface area contributed by atoms with E-state index in [0.29, 0.717) is 16.9 Å². The van der Waals surface area contributed by atoms with E-state index < -0.39 is 5.41 Å². The average Bonchev–Trinajstić information content (AvgIpc) is 3.31. The first-order chi connectivity index (χ1) is 15.8. The van der Waals surface area contributed by atoms with Crippen molar-refractivity contribution in [3.63, 3.8) is 0 Å². The minimum atomic E-state index is -0.491. The lowest BCUT2D eigenvalue weighted by atomic mass is 9.78. The van der Waals surface area contributed by atoms with Gasteiger partial charge in [-0.3, -0.25) is 9.59 Å². The number of carbonyl (C=O) groups excluding carboxylic acids is 2. The molecule has 0 aromatic heterocycles. The van der Waals surface area contributed by atoms with Crippen molar-refractivity contribution in [1.82, 2.24) is 0 Å². The average molecular weight is 441 g/mol. The van der Waals surface area contributed by atoms with Gasteiger partial charge >= 0.3 is 0 Å². The van der Waals surface area contributed by atoms with E-state index in [0.717, 1.165) is 31.2 Å². The summed E-state index contributed by atoms with van der Waals surface area (Å²) in [6.45, 7) is 6.44. The van der Waals surface area contributed by atoms with Gasteiger partial charge in [0.15, 0.2) is 0 Å². The van der Waals surface area contributed by atoms with E-state index in [1.54, 1.807) is 0 Å². The van der Waals surface area contributed by atoms with Crippen molar-refractivity contribution >= 4 is 23.2 Å². The highest BCUT2D eigenvalue weighted by Gasteiger charge is 2.42. The van der Waals surface area contributed by atoms with Crippen LogP contribution in [0.25, 0.3) is 0 Å². The van der Waals surface area contributed by atoms with Crippen LogP contribution in [-0.4, -0.2) is 11.8 Å². The standard InChI is InChI=1S/C29H32N2O2/c1-28(2,3)22-16-14-21(15-17-22)26(32)30-24-12-9-13-25(20-24)31-27(33)29(18-7-8-19-29)23-10-5-4-6-11-23/h4-6,9-17,20H,7-8,18-19H2,1-3H3,(H,30,32)(H,31,33). The fourth-order valence-corrected chi connectivity index (χ4v) is 4.63. The molecule has 2 amide bonds. The molecule has 1 aliphatic rings. The molecule has 0 aliphatic heterocycles. The van der Waals surface area contributed by atoms with Crippen molar-refractivity contribution in [1.29, 1.82) is 0 Å². The number of anilines is 2. The van der Waals surface area contributed by atoms with Crippen LogP contribution in [0.15, 0.2) is 78.9 Å². The Morgan fingerprint density at radius 1 is 0.758 bits per heavy atom. The lowest BCUT2D eigenvalue weighted by Gasteiger charge is -2.28. The van der Waals surface area contributed by atoms with Crippen LogP contribution >= 0.6 is 0 Å². The molecular weight excluding hydrogens is 408 g/mol. The Bertz CT molecular complexity index is 1120. The van der Waals surface area contributed by atoms with E-state index in [1.807, 2.05) is 78.9 Å². The highest BCUT2D eigenvalue weighted by atomic mass is 16.2. The molecule has 170 valence electrons. The number of amides is 2. The van der Waals surface area contributed by atoms with Gasteiger partial charge in [0.1, 0.15) is 0 Å². The summed E-state index contributed by atoms with van der Waals surface area (Å²) >= 11 is 0. The number of nitrogens with one attached hydrogen (secondary N) is 2. The maximum Gasteiger partial charge on any atom is 0.255 e. The maximum atomic E-state index is 13.4. The molecule has 0 spiro atoms. The number of hydrogen-bond acceptors (Lipinski definition) is 2. The quantitative estimate of drug-likeness (QED) is 0.464. The molecule has 0 heterocycles. The monoisotopic (exact) mass is 440 g/mol. The van der Waals surface area contributed by atoms with Crippen molar-refractivity contribution in [2.24, 2.45) is 0 Å². The maximum absolute atomic E-state index is 13.4. The highest BCUT2D eigenvalue weighted by molar-refractivity contribution is 6.05. The lowest BCUT2D eigenvalue weighted by Crippen LogP contribution is -2.37. The van der Waals surface area contributed by atoms with Crippen molar-refractivity contribution in [3.8, 4) is 0 Å². The SMILES string of the molecule is CC(C)(C)c1ccc(C(=O)Nc2cccc(NC(=O)C3(c4ccccc4)CCCC3)c2)cc1. The molecule has 1 fully saturated rings. The predicted octanol–water partition coefficient (Wildman–Crippen LogP) is 6.69. The fourth-order valence-electron chi connectivity index (χ4n) is 4.63. The van der Waals surface area contributed by atoms with E-state index in [4.69, 9.17) is 0 Å². The Kier molecular flexibility index (Phi) is 6.37. The third kappa shape index (κ3) is 5.00. The number of benzene rings is 3. The van der Waals surface area contributed by atoms with Crippen LogP contribution < -0.4 is 10.6 Å². The lowest BCUT2D eigenvalue weighted by molar-refractivity contribution is -0.121. The summed E-state index contributed by atoms with van der Waals surface area (Å²) in [6.07, 6.45) is 3.80. The zero-order valence-corrected chi connectivity index (χ0v) is 19.7. The summed E-state index contributed by atoms with van der Waals surface area (Å²) < 4.78 is 0. The second-order valence-corrected chi connectivity index (χ2v) is 9.97. The molecule has 1 aliphatic carbocycles. The summed E-state index contributed by atoms with van der Waals surface area (Å²) in [5.74, 6) is -0.150. The van der Waals surface area contributed by atoms with Gasteiger partial charge in [-0.2, -0.15) is 0 Å². The molecule has 3 aromatic carbocycles. The molecule has 0 atom stereocenters. The van der Waals surface area contributed by atoms with Gasteiger partial charge < -0.3 is 10.6 Å². The van der Waals surface area contributed by atoms with Gasteiger partial charge in [0.05, 0.1) is 5.41 Å². The largest absolute Gasteiger partial charge is 0.325 e. The number of hydrogen-bond donors (Lipinski definition) is 2. The van der Waals surface area contributed by atoms with Gasteiger partial charge in [0.25, 0.3) is 5.91 Å². The van der Waals surface area contributed by atoms with Crippen LogP contribution in [0, 0.1) is 0 Å². The van der Waals surface area contributed by atoms with Gasteiger partial charge in [0.2, 0.25) is 5.91 Å². The van der Waals surface area contributed by atoms with E-state index in [1.165, 1.54) is 5.56 Å². The van der Waals surface area contributed by atoms with E-state index in [2.05, 4.69) is 31.4 Å². The van der Waals surface area contributed by atoms with E-state index in [-0.39, 0.29) is 17.2 Å². The third-order valence-corrected chi connectivity index (χ3v) is 6.61. The first kappa shape index (κ1) is 22.8. The Morgan fingerprint density at radius 3 is 1.97 bits per heavy atom. The first-order valence-corrected chi connectivity index (χ1v) is 11.7. The Balaban J connectivity index is 1.48. The zero-order valence-electron chi connectivity index (χ0n) is 19.7. The Labute approximate surface area is 196 Å². The van der Waals surface area contributed by atoms with Crippen molar-refractivity contribution < 1.29 is 9.59 Å². The minimum absolute atomic E-state index is 0.0208. The molecule has 4 nitrogen and oxygen atoms in total. The molecule has 1 saturated carbocycles. The van der Waals surface area contributed by atoms with E-state index in [9.17, 15) is 9.59 Å². The van der Waals surface area contributed by atoms with Crippen LogP contribution in [-0.2, 0) is 15.6 Å². The van der Waals surface area contributed by atoms with Gasteiger partial charge in [-0.1, -0.05) is 82.1 Å². The molecule has 4 heteroatoms. The van der Waals surface area contributed by atoms with Crippen LogP contribution in [0.4, 0.5) is 11.4 Å². The smallest absolute Gasteiger partial charge is 0.255 e. The zero-order chi connectivity index (χ0) is 23.5. The van der Waals surface area contributed by atoms with Crippen LogP contribution in [0.3, 0.4) is 0 Å². The molecule has 33 heavy (non-hydrogen) atoms. The second kappa shape index (κ2) is 9.22. The Morgan fingerprint density at radius 2 is 1.36 bits per heavy atom. The predicted molar refractivity (Wildman–Crippen MR) is 135 cm³/mol. The molecule has 0 bridgehead atoms. The van der Waals surface area contributed by atoms with Crippen molar-refractivity contribution in [3.05, 3.63) is 95.6 Å². The molecular formula is C29H32N2O2. The van der Waals surface area contributed by atoms with Crippen LogP contribution in [0.1, 0.15) is 67.9 Å². The molecule has 4 rings (SSSR count). The van der Waals surface area contributed by atoms with Gasteiger partial charge in [-0.05, 0) is 59.7 Å². The van der Waals surface area contributed by atoms with Gasteiger partial charge in [-0.25, -0.2) is 0 Å². The summed E-state index contributed by atoms with van der Waals surface area (Å²) in [5, 5.41) is 6.06. The number of carbonyl (C=O) groups is 2. The van der Waals surface area contributed by atoms with Crippen LogP contribution in [0.5, 0.6) is 0 Å². The second-order valence-electron chi connectivity index (χ2n) is 9.97. The van der Waals surface area contributed by atoms with Gasteiger partial charge in [-0.15, -0.1) is 0 Å². The van der Waals surface area contributed by atoms with Crippen molar-refractivity contribution in [2.45, 2.75) is 57.3 Å². The third-order valence-electron chi connectivity index (χ3n) is 6.61. The van der Waals surface area contributed by atoms with Crippen LogP contribution in [0.2, 0.25) is 0 Å². The molecule has 0 radical (unpaired) electrons. The first-order valence-electron chi connectivity index (χ1n) is 11.7. The van der Waals surface area contributed by atoms with E-state index >= 15 is 0 Å². The fraction of sp³-hybridized carbons (Fsp3) is 0.310. The molecule has 2 N–H and O–H groups in total.